The van der Waals surface area contributed by atoms with Crippen molar-refractivity contribution >= 4 is 10.2 Å². The summed E-state index contributed by atoms with van der Waals surface area (Å²) in [5, 5.41) is 0. The van der Waals surface area contributed by atoms with E-state index in [1.165, 1.54) is 0 Å². The molecule has 1 aliphatic rings. The first-order chi connectivity index (χ1) is 12.6. The summed E-state index contributed by atoms with van der Waals surface area (Å²) >= 11 is 0. The predicted molar refractivity (Wildman–Crippen MR) is 99.7 cm³/mol. The maximum absolute atomic E-state index is 12.2. The zero-order chi connectivity index (χ0) is 20.3. The molecule has 6 nitrogen and oxygen atoms in total. The number of ether oxygens (including phenoxy) is 1. The highest BCUT2D eigenvalue weighted by molar-refractivity contribution is 7.87. The van der Waals surface area contributed by atoms with Gasteiger partial charge in [-0.1, -0.05) is 18.9 Å². The molecule has 1 heterocycles. The summed E-state index contributed by atoms with van der Waals surface area (Å²) in [4.78, 5) is 2.22. The van der Waals surface area contributed by atoms with E-state index in [-0.39, 0.29) is 19.2 Å². The Kier molecular flexibility index (Phi) is 10.8. The first kappa shape index (κ1) is 24.4. The van der Waals surface area contributed by atoms with Crippen molar-refractivity contribution in [3.05, 3.63) is 12.7 Å². The number of rotatable bonds is 13. The Hall–Kier alpha value is -0.680. The molecule has 0 atom stereocenters. The van der Waals surface area contributed by atoms with Gasteiger partial charge in [-0.15, -0.1) is 6.58 Å². The molecule has 10 heteroatoms. The van der Waals surface area contributed by atoms with E-state index in [0.717, 1.165) is 43.1 Å². The Labute approximate surface area is 160 Å². The lowest BCUT2D eigenvalue weighted by Crippen LogP contribution is -2.48. The van der Waals surface area contributed by atoms with Crippen molar-refractivity contribution in [3.8, 4) is 0 Å². The number of hydrogen-bond acceptors (Lipinski definition) is 4. The lowest BCUT2D eigenvalue weighted by Gasteiger charge is -2.31. The lowest BCUT2D eigenvalue weighted by atomic mass is 10.1. The van der Waals surface area contributed by atoms with Gasteiger partial charge in [0.05, 0.1) is 6.10 Å². The van der Waals surface area contributed by atoms with Crippen LogP contribution in [0.5, 0.6) is 0 Å². The van der Waals surface area contributed by atoms with Crippen molar-refractivity contribution in [3.63, 3.8) is 0 Å². The molecule has 1 N–H and O–H groups in total. The van der Waals surface area contributed by atoms with E-state index in [1.807, 2.05) is 6.08 Å². The van der Waals surface area contributed by atoms with E-state index >= 15 is 0 Å². The van der Waals surface area contributed by atoms with E-state index in [1.54, 1.807) is 4.72 Å². The molecule has 0 aromatic rings. The van der Waals surface area contributed by atoms with Crippen LogP contribution < -0.4 is 4.72 Å². The van der Waals surface area contributed by atoms with Crippen molar-refractivity contribution in [1.82, 2.24) is 13.9 Å². The summed E-state index contributed by atoms with van der Waals surface area (Å²) in [7, 11) is -2.02. The maximum Gasteiger partial charge on any atom is 0.402 e. The predicted octanol–water partition coefficient (Wildman–Crippen LogP) is 2.54. The van der Waals surface area contributed by atoms with Gasteiger partial charge in [0, 0.05) is 26.2 Å². The highest BCUT2D eigenvalue weighted by atomic mass is 32.2. The third kappa shape index (κ3) is 11.0. The Bertz CT molecular complexity index is 521. The number of nitrogens with zero attached hydrogens (tertiary/aromatic N) is 2. The minimum Gasteiger partial charge on any atom is -0.378 e. The summed E-state index contributed by atoms with van der Waals surface area (Å²) in [5.41, 5.74) is 0. The Morgan fingerprint density at radius 1 is 1.22 bits per heavy atom. The monoisotopic (exact) mass is 415 g/mol. The summed E-state index contributed by atoms with van der Waals surface area (Å²) in [6, 6.07) is 0. The Balaban J connectivity index is 2.11. The molecule has 0 radical (unpaired) electrons. The number of alkyl halides is 3. The van der Waals surface area contributed by atoms with Gasteiger partial charge in [-0.05, 0) is 39.3 Å². The van der Waals surface area contributed by atoms with Gasteiger partial charge in [0.15, 0.2) is 0 Å². The minimum atomic E-state index is -4.56. The SMILES string of the molecule is C=CCN(C)CCCCCCOC1CCN(S(=O)(=O)NCC(F)(F)F)CC1. The molecule has 1 saturated heterocycles. The molecule has 0 aliphatic carbocycles. The van der Waals surface area contributed by atoms with Crippen LogP contribution in [0.3, 0.4) is 0 Å². The van der Waals surface area contributed by atoms with E-state index < -0.39 is 22.9 Å². The third-order valence-electron chi connectivity index (χ3n) is 4.42. The maximum atomic E-state index is 12.2. The van der Waals surface area contributed by atoms with Gasteiger partial charge < -0.3 is 9.64 Å². The van der Waals surface area contributed by atoms with Crippen LogP contribution in [-0.4, -0.2) is 76.3 Å². The van der Waals surface area contributed by atoms with Gasteiger partial charge in [-0.2, -0.15) is 30.6 Å². The quantitative estimate of drug-likeness (QED) is 0.371. The fourth-order valence-corrected chi connectivity index (χ4v) is 4.12. The Morgan fingerprint density at radius 2 is 1.85 bits per heavy atom. The molecule has 0 saturated carbocycles. The molecular formula is C17H32F3N3O3S. The van der Waals surface area contributed by atoms with Crippen LogP contribution in [0, 0.1) is 0 Å². The molecule has 1 fully saturated rings. The molecule has 0 aromatic heterocycles. The van der Waals surface area contributed by atoms with Gasteiger partial charge in [0.25, 0.3) is 10.2 Å². The van der Waals surface area contributed by atoms with Crippen LogP contribution in [0.25, 0.3) is 0 Å². The van der Waals surface area contributed by atoms with Crippen LogP contribution in [0.1, 0.15) is 38.5 Å². The molecule has 0 unspecified atom stereocenters. The van der Waals surface area contributed by atoms with Crippen molar-refractivity contribution in [2.45, 2.75) is 50.8 Å². The topological polar surface area (TPSA) is 61.9 Å². The van der Waals surface area contributed by atoms with Crippen molar-refractivity contribution < 1.29 is 26.3 Å². The number of unbranched alkanes of at least 4 members (excludes halogenated alkanes) is 3. The fraction of sp³-hybridized carbons (Fsp3) is 0.882. The molecule has 1 aliphatic heterocycles. The molecule has 0 bridgehead atoms. The van der Waals surface area contributed by atoms with Crippen molar-refractivity contribution in [2.24, 2.45) is 0 Å². The van der Waals surface area contributed by atoms with Gasteiger partial charge in [0.1, 0.15) is 6.54 Å². The zero-order valence-electron chi connectivity index (χ0n) is 16.0. The van der Waals surface area contributed by atoms with E-state index in [4.69, 9.17) is 4.74 Å². The number of halogens is 3. The molecule has 0 aromatic carbocycles. The van der Waals surface area contributed by atoms with Crippen LogP contribution in [0.4, 0.5) is 13.2 Å². The summed E-state index contributed by atoms with van der Waals surface area (Å²) < 4.78 is 68.6. The largest absolute Gasteiger partial charge is 0.402 e. The molecule has 27 heavy (non-hydrogen) atoms. The Morgan fingerprint density at radius 3 is 2.44 bits per heavy atom. The number of likely N-dealkylation sites (N-methyl/N-ethyl adjacent to an activating group) is 1. The molecular weight excluding hydrogens is 383 g/mol. The molecule has 0 spiro atoms. The van der Waals surface area contributed by atoms with Gasteiger partial charge in [-0.25, -0.2) is 0 Å². The average molecular weight is 416 g/mol. The highest BCUT2D eigenvalue weighted by Gasteiger charge is 2.33. The molecule has 160 valence electrons. The van der Waals surface area contributed by atoms with E-state index in [2.05, 4.69) is 18.5 Å². The van der Waals surface area contributed by atoms with E-state index in [0.29, 0.717) is 19.4 Å². The first-order valence-corrected chi connectivity index (χ1v) is 10.8. The fourth-order valence-electron chi connectivity index (χ4n) is 2.90. The summed E-state index contributed by atoms with van der Waals surface area (Å²) in [6.07, 6.45) is 2.59. The molecule has 0 amide bonds. The summed E-state index contributed by atoms with van der Waals surface area (Å²) in [6.45, 7) is 5.08. The van der Waals surface area contributed by atoms with Gasteiger partial charge in [0.2, 0.25) is 0 Å². The van der Waals surface area contributed by atoms with Crippen LogP contribution >= 0.6 is 0 Å². The zero-order valence-corrected chi connectivity index (χ0v) is 16.8. The second-order valence-corrected chi connectivity index (χ2v) is 8.63. The van der Waals surface area contributed by atoms with Gasteiger partial charge in [-0.3, -0.25) is 0 Å². The van der Waals surface area contributed by atoms with Crippen LogP contribution in [-0.2, 0) is 14.9 Å². The highest BCUT2D eigenvalue weighted by Crippen LogP contribution is 2.18. The standard InChI is InChI=1S/C17H32F3N3O3S/c1-3-10-22(2)11-6-4-5-7-14-26-16-8-12-23(13-9-16)27(24,25)21-15-17(18,19)20/h3,16,21H,1,4-15H2,2H3. The van der Waals surface area contributed by atoms with Crippen molar-refractivity contribution in [2.75, 3.05) is 46.4 Å². The molecule has 1 rings (SSSR count). The smallest absolute Gasteiger partial charge is 0.378 e. The summed E-state index contributed by atoms with van der Waals surface area (Å²) in [5.74, 6) is 0. The van der Waals surface area contributed by atoms with Crippen LogP contribution in [0.15, 0.2) is 12.7 Å². The van der Waals surface area contributed by atoms with Crippen LogP contribution in [0.2, 0.25) is 0 Å². The number of piperidine rings is 1. The normalized spacial score (nSPS) is 17.5. The number of hydrogen-bond donors (Lipinski definition) is 1. The lowest BCUT2D eigenvalue weighted by molar-refractivity contribution is -0.121. The van der Waals surface area contributed by atoms with Crippen molar-refractivity contribution in [1.29, 1.82) is 0 Å². The minimum absolute atomic E-state index is 0.0298. The number of nitrogens with one attached hydrogen (secondary N) is 1. The second-order valence-electron chi connectivity index (χ2n) is 6.88. The second kappa shape index (κ2) is 12.0. The van der Waals surface area contributed by atoms with Gasteiger partial charge >= 0.3 is 6.18 Å². The first-order valence-electron chi connectivity index (χ1n) is 9.36. The third-order valence-corrected chi connectivity index (χ3v) is 5.98. The van der Waals surface area contributed by atoms with E-state index in [9.17, 15) is 21.6 Å². The average Bonchev–Trinajstić information content (AvgIpc) is 2.59.